The van der Waals surface area contributed by atoms with E-state index in [-0.39, 0.29) is 22.6 Å². The van der Waals surface area contributed by atoms with E-state index in [4.69, 9.17) is 0 Å². The molecule has 4 heteroatoms. The molecule has 1 N–H and O–H groups in total. The predicted octanol–water partition coefficient (Wildman–Crippen LogP) is 5.10. The van der Waals surface area contributed by atoms with E-state index in [1.165, 1.54) is 12.0 Å². The van der Waals surface area contributed by atoms with Crippen LogP contribution >= 0.6 is 0 Å². The monoisotopic (exact) mass is 356 g/mol. The Morgan fingerprint density at radius 1 is 1.12 bits per heavy atom. The summed E-state index contributed by atoms with van der Waals surface area (Å²) in [4.78, 5) is 17.3. The third-order valence-corrected chi connectivity index (χ3v) is 5.46. The highest BCUT2D eigenvalue weighted by molar-refractivity contribution is 5.89. The zero-order chi connectivity index (χ0) is 19.1. The third kappa shape index (κ3) is 3.46. The van der Waals surface area contributed by atoms with Gasteiger partial charge in [-0.2, -0.15) is 0 Å². The lowest BCUT2D eigenvalue weighted by atomic mass is 9.71. The first-order valence-corrected chi connectivity index (χ1v) is 9.72. The molecule has 1 fully saturated rings. The largest absolute Gasteiger partial charge is 0.508 e. The van der Waals surface area contributed by atoms with Gasteiger partial charge in [0.05, 0.1) is 5.70 Å². The Kier molecular flexibility index (Phi) is 4.80. The molecule has 1 aromatic carbocycles. The van der Waals surface area contributed by atoms with Crippen LogP contribution in [0.1, 0.15) is 59.4 Å². The van der Waals surface area contributed by atoms with Gasteiger partial charge in [0.2, 0.25) is 0 Å². The molecule has 1 aromatic rings. The first-order valence-electron chi connectivity index (χ1n) is 9.72. The lowest BCUT2D eigenvalue weighted by Crippen LogP contribution is -2.44. The number of phenolic OH excluding ortho intramolecular Hbond substituents is 1. The molecule has 0 atom stereocenters. The molecule has 2 heterocycles. The quantitative estimate of drug-likeness (QED) is 0.761. The maximum atomic E-state index is 13.4. The number of carbonyl (C=O) groups is 1. The number of carbonyl (C=O) groups excluding carboxylic acids is 1. The number of hydrogen-bond acceptors (Lipinski definition) is 2. The molecule has 4 nitrogen and oxygen atoms in total. The highest BCUT2D eigenvalue weighted by Crippen LogP contribution is 2.51. The number of piperidine rings is 1. The number of hydrogen-bond donors (Lipinski definition) is 1. The van der Waals surface area contributed by atoms with Crippen molar-refractivity contribution in [3.05, 3.63) is 35.4 Å². The fraction of sp³-hybridized carbons (Fsp3) is 0.591. The first-order chi connectivity index (χ1) is 12.1. The fourth-order valence-electron chi connectivity index (χ4n) is 4.75. The van der Waals surface area contributed by atoms with Gasteiger partial charge in [-0.3, -0.25) is 4.90 Å². The summed E-state index contributed by atoms with van der Waals surface area (Å²) in [5.41, 5.74) is 3.01. The molecular weight excluding hydrogens is 324 g/mol. The molecule has 2 aliphatic heterocycles. The zero-order valence-corrected chi connectivity index (χ0v) is 16.8. The normalized spacial score (nSPS) is 20.7. The number of phenols is 1. The van der Waals surface area contributed by atoms with Crippen LogP contribution in [0.3, 0.4) is 0 Å². The third-order valence-electron chi connectivity index (χ3n) is 5.46. The highest BCUT2D eigenvalue weighted by atomic mass is 16.3. The van der Waals surface area contributed by atoms with Crippen molar-refractivity contribution in [3.63, 3.8) is 0 Å². The number of amides is 2. The van der Waals surface area contributed by atoms with Gasteiger partial charge >= 0.3 is 6.03 Å². The number of nitrogens with zero attached hydrogens (tertiary/aromatic N) is 2. The summed E-state index contributed by atoms with van der Waals surface area (Å²) in [5, 5.41) is 10.0. The van der Waals surface area contributed by atoms with Crippen LogP contribution in [0.15, 0.2) is 29.8 Å². The Morgan fingerprint density at radius 2 is 1.77 bits per heavy atom. The van der Waals surface area contributed by atoms with E-state index >= 15 is 0 Å². The van der Waals surface area contributed by atoms with E-state index in [1.54, 1.807) is 12.1 Å². The molecule has 2 aliphatic rings. The van der Waals surface area contributed by atoms with Gasteiger partial charge in [0.25, 0.3) is 0 Å². The summed E-state index contributed by atoms with van der Waals surface area (Å²) in [5.74, 6) is 0.235. The Morgan fingerprint density at radius 3 is 2.35 bits per heavy atom. The number of likely N-dealkylation sites (tertiary alicyclic amines) is 1. The van der Waals surface area contributed by atoms with Crippen LogP contribution < -0.4 is 0 Å². The van der Waals surface area contributed by atoms with Gasteiger partial charge in [0, 0.05) is 30.6 Å². The molecule has 1 saturated heterocycles. The van der Waals surface area contributed by atoms with Crippen molar-refractivity contribution in [2.75, 3.05) is 19.6 Å². The molecule has 0 aromatic heterocycles. The van der Waals surface area contributed by atoms with Crippen LogP contribution in [-0.2, 0) is 0 Å². The van der Waals surface area contributed by atoms with Gasteiger partial charge in [-0.15, -0.1) is 0 Å². The minimum absolute atomic E-state index is 0.0682. The molecule has 26 heavy (non-hydrogen) atoms. The Balaban J connectivity index is 2.12. The lowest BCUT2D eigenvalue weighted by Gasteiger charge is -2.33. The van der Waals surface area contributed by atoms with E-state index in [2.05, 4.69) is 34.6 Å². The van der Waals surface area contributed by atoms with Crippen molar-refractivity contribution in [1.29, 1.82) is 0 Å². The maximum absolute atomic E-state index is 13.4. The van der Waals surface area contributed by atoms with E-state index in [1.807, 2.05) is 21.9 Å². The summed E-state index contributed by atoms with van der Waals surface area (Å²) in [6.45, 7) is 13.4. The molecule has 0 radical (unpaired) electrons. The molecule has 0 bridgehead atoms. The molecule has 0 saturated carbocycles. The van der Waals surface area contributed by atoms with Crippen LogP contribution in [0, 0.1) is 10.8 Å². The Hall–Kier alpha value is -1.97. The number of rotatable bonds is 1. The Labute approximate surface area is 157 Å². The van der Waals surface area contributed by atoms with Gasteiger partial charge in [-0.25, -0.2) is 4.79 Å². The van der Waals surface area contributed by atoms with Crippen molar-refractivity contribution in [2.24, 2.45) is 10.8 Å². The summed E-state index contributed by atoms with van der Waals surface area (Å²) in [6.07, 6.45) is 3.37. The minimum atomic E-state index is -0.107. The minimum Gasteiger partial charge on any atom is -0.508 e. The standard InChI is InChI=1S/C22H32N2O2/c1-21(2,3)19-18(16-10-9-11-17(25)14-16)24(15-22(19,4)5)20(26)23-12-7-6-8-13-23/h9-11,14,25H,6-8,12-13,15H2,1-5H3. The maximum Gasteiger partial charge on any atom is 0.324 e. The van der Waals surface area contributed by atoms with Gasteiger partial charge in [-0.05, 0) is 42.4 Å². The first kappa shape index (κ1) is 18.8. The van der Waals surface area contributed by atoms with Gasteiger partial charge in [0.15, 0.2) is 0 Å². The summed E-state index contributed by atoms with van der Waals surface area (Å²) in [6, 6.07) is 7.41. The van der Waals surface area contributed by atoms with Crippen LogP contribution in [0.4, 0.5) is 4.79 Å². The summed E-state index contributed by atoms with van der Waals surface area (Å²) in [7, 11) is 0. The molecule has 0 spiro atoms. The van der Waals surface area contributed by atoms with Crippen LogP contribution in [0.2, 0.25) is 0 Å². The van der Waals surface area contributed by atoms with Gasteiger partial charge in [0.1, 0.15) is 5.75 Å². The van der Waals surface area contributed by atoms with E-state index in [9.17, 15) is 9.90 Å². The number of urea groups is 1. The molecular formula is C22H32N2O2. The molecule has 0 unspecified atom stereocenters. The number of aromatic hydroxyl groups is 1. The van der Waals surface area contributed by atoms with E-state index in [0.29, 0.717) is 6.54 Å². The topological polar surface area (TPSA) is 43.8 Å². The SMILES string of the molecule is CC(C)(C)C1=C(c2cccc(O)c2)N(C(=O)N2CCCCC2)CC1(C)C. The average molecular weight is 357 g/mol. The van der Waals surface area contributed by atoms with Crippen LogP contribution in [-0.4, -0.2) is 40.6 Å². The Bertz CT molecular complexity index is 722. The van der Waals surface area contributed by atoms with Crippen molar-refractivity contribution in [3.8, 4) is 5.75 Å². The van der Waals surface area contributed by atoms with Crippen molar-refractivity contribution in [1.82, 2.24) is 9.80 Å². The van der Waals surface area contributed by atoms with Crippen molar-refractivity contribution >= 4 is 11.7 Å². The van der Waals surface area contributed by atoms with E-state index in [0.717, 1.165) is 37.2 Å². The smallest absolute Gasteiger partial charge is 0.324 e. The van der Waals surface area contributed by atoms with Gasteiger partial charge < -0.3 is 10.0 Å². The average Bonchev–Trinajstić information content (AvgIpc) is 2.86. The predicted molar refractivity (Wildman–Crippen MR) is 106 cm³/mol. The van der Waals surface area contributed by atoms with Crippen LogP contribution in [0.25, 0.3) is 5.70 Å². The zero-order valence-electron chi connectivity index (χ0n) is 16.8. The second-order valence-electron chi connectivity index (χ2n) is 9.32. The van der Waals surface area contributed by atoms with Crippen molar-refractivity contribution in [2.45, 2.75) is 53.9 Å². The fourth-order valence-corrected chi connectivity index (χ4v) is 4.75. The summed E-state index contributed by atoms with van der Waals surface area (Å²) < 4.78 is 0. The van der Waals surface area contributed by atoms with E-state index < -0.39 is 0 Å². The number of benzene rings is 1. The van der Waals surface area contributed by atoms with Gasteiger partial charge in [-0.1, -0.05) is 46.8 Å². The second kappa shape index (κ2) is 6.64. The molecule has 2 amide bonds. The molecule has 3 rings (SSSR count). The molecule has 0 aliphatic carbocycles. The van der Waals surface area contributed by atoms with Crippen molar-refractivity contribution < 1.29 is 9.90 Å². The van der Waals surface area contributed by atoms with Crippen LogP contribution in [0.5, 0.6) is 5.75 Å². The second-order valence-corrected chi connectivity index (χ2v) is 9.32. The lowest BCUT2D eigenvalue weighted by molar-refractivity contribution is 0.157. The summed E-state index contributed by atoms with van der Waals surface area (Å²) >= 11 is 0. The molecule has 142 valence electrons. The highest BCUT2D eigenvalue weighted by Gasteiger charge is 2.46.